The Balaban J connectivity index is 2.02. The molecule has 1 aromatic carbocycles. The minimum atomic E-state index is 0.447. The lowest BCUT2D eigenvalue weighted by atomic mass is 10.2. The lowest BCUT2D eigenvalue weighted by Gasteiger charge is -2.33. The zero-order chi connectivity index (χ0) is 12.5. The van der Waals surface area contributed by atoms with Gasteiger partial charge in [0.15, 0.2) is 11.0 Å². The van der Waals surface area contributed by atoms with Gasteiger partial charge in [-0.15, -0.1) is 0 Å². The van der Waals surface area contributed by atoms with Crippen LogP contribution in [0.2, 0.25) is 5.15 Å². The number of halogens is 1. The highest BCUT2D eigenvalue weighted by atomic mass is 35.5. The van der Waals surface area contributed by atoms with E-state index in [1.807, 2.05) is 24.3 Å². The quantitative estimate of drug-likeness (QED) is 0.854. The van der Waals surface area contributed by atoms with Crippen LogP contribution in [0.25, 0.3) is 11.0 Å². The number of nitrogens with zero attached hydrogens (tertiary/aromatic N) is 3. The molecule has 1 fully saturated rings. The Labute approximate surface area is 111 Å². The first-order chi connectivity index (χ1) is 8.74. The van der Waals surface area contributed by atoms with Gasteiger partial charge in [0.05, 0.1) is 11.0 Å². The average Bonchev–Trinajstić information content (AvgIpc) is 2.38. The van der Waals surface area contributed by atoms with Gasteiger partial charge >= 0.3 is 0 Å². The molecule has 1 saturated heterocycles. The molecule has 2 aromatic rings. The van der Waals surface area contributed by atoms with Crippen LogP contribution in [-0.4, -0.2) is 35.6 Å². The van der Waals surface area contributed by atoms with E-state index in [0.717, 1.165) is 36.5 Å². The third-order valence-corrected chi connectivity index (χ3v) is 3.43. The number of rotatable bonds is 1. The molecule has 0 aliphatic carbocycles. The first-order valence-electron chi connectivity index (χ1n) is 6.14. The molecule has 1 aromatic heterocycles. The molecule has 1 N–H and O–H groups in total. The van der Waals surface area contributed by atoms with Gasteiger partial charge in [-0.3, -0.25) is 0 Å². The van der Waals surface area contributed by atoms with Crippen LogP contribution in [0.5, 0.6) is 0 Å². The maximum absolute atomic E-state index is 6.25. The summed E-state index contributed by atoms with van der Waals surface area (Å²) in [7, 11) is 0. The molecule has 0 unspecified atom stereocenters. The van der Waals surface area contributed by atoms with Crippen molar-refractivity contribution < 1.29 is 0 Å². The molecule has 4 nitrogen and oxygen atoms in total. The Morgan fingerprint density at radius 1 is 1.28 bits per heavy atom. The summed E-state index contributed by atoms with van der Waals surface area (Å²) in [5.41, 5.74) is 1.73. The number of fused-ring (bicyclic) bond motifs is 1. The Kier molecular flexibility index (Phi) is 3.06. The number of piperazine rings is 1. The largest absolute Gasteiger partial charge is 0.351 e. The van der Waals surface area contributed by atoms with E-state index in [1.54, 1.807) is 0 Å². The highest BCUT2D eigenvalue weighted by Crippen LogP contribution is 2.25. The van der Waals surface area contributed by atoms with E-state index >= 15 is 0 Å². The lowest BCUT2D eigenvalue weighted by Crippen LogP contribution is -2.49. The van der Waals surface area contributed by atoms with Gasteiger partial charge in [-0.05, 0) is 19.1 Å². The number of hydrogen-bond donors (Lipinski definition) is 1. The first kappa shape index (κ1) is 11.7. The summed E-state index contributed by atoms with van der Waals surface area (Å²) in [5.74, 6) is 0.795. The summed E-state index contributed by atoms with van der Waals surface area (Å²) < 4.78 is 0. The third-order valence-electron chi connectivity index (χ3n) is 3.18. The highest BCUT2D eigenvalue weighted by molar-refractivity contribution is 6.32. The van der Waals surface area contributed by atoms with E-state index in [9.17, 15) is 0 Å². The third kappa shape index (κ3) is 2.13. The Morgan fingerprint density at radius 2 is 2.00 bits per heavy atom. The van der Waals surface area contributed by atoms with Gasteiger partial charge < -0.3 is 10.2 Å². The minimum Gasteiger partial charge on any atom is -0.351 e. The van der Waals surface area contributed by atoms with Crippen LogP contribution in [0.3, 0.4) is 0 Å². The van der Waals surface area contributed by atoms with Crippen LogP contribution < -0.4 is 10.2 Å². The van der Waals surface area contributed by atoms with Crippen molar-refractivity contribution in [2.75, 3.05) is 24.5 Å². The Hall–Kier alpha value is -1.39. The van der Waals surface area contributed by atoms with Crippen molar-refractivity contribution in [2.45, 2.75) is 13.0 Å². The number of anilines is 1. The maximum Gasteiger partial charge on any atom is 0.172 e. The second-order valence-corrected chi connectivity index (χ2v) is 4.99. The molecule has 2 heterocycles. The standard InChI is InChI=1S/C13H15ClN4/c1-9-8-18(7-6-15-9)13-12(14)16-10-4-2-3-5-11(10)17-13/h2-5,9,15H,6-8H2,1H3/t9-/m0/s1. The van der Waals surface area contributed by atoms with E-state index in [-0.39, 0.29) is 0 Å². The predicted molar refractivity (Wildman–Crippen MR) is 74.2 cm³/mol. The number of para-hydroxylation sites is 2. The van der Waals surface area contributed by atoms with Crippen molar-refractivity contribution in [3.63, 3.8) is 0 Å². The van der Waals surface area contributed by atoms with Crippen LogP contribution in [0.15, 0.2) is 24.3 Å². The predicted octanol–water partition coefficient (Wildman–Crippen LogP) is 2.08. The molecule has 0 radical (unpaired) electrons. The second-order valence-electron chi connectivity index (χ2n) is 4.63. The minimum absolute atomic E-state index is 0.447. The fourth-order valence-electron chi connectivity index (χ4n) is 2.30. The fourth-order valence-corrected chi connectivity index (χ4v) is 2.55. The molecule has 94 valence electrons. The van der Waals surface area contributed by atoms with Crippen LogP contribution in [-0.2, 0) is 0 Å². The molecule has 1 aliphatic heterocycles. The van der Waals surface area contributed by atoms with Crippen molar-refractivity contribution in [3.8, 4) is 0 Å². The normalized spacial score (nSPS) is 20.3. The number of benzene rings is 1. The Morgan fingerprint density at radius 3 is 2.72 bits per heavy atom. The van der Waals surface area contributed by atoms with Gasteiger partial charge in [0.2, 0.25) is 0 Å². The molecule has 18 heavy (non-hydrogen) atoms. The maximum atomic E-state index is 6.25. The van der Waals surface area contributed by atoms with Crippen LogP contribution in [0, 0.1) is 0 Å². The summed E-state index contributed by atoms with van der Waals surface area (Å²) in [6, 6.07) is 8.25. The van der Waals surface area contributed by atoms with Crippen molar-refractivity contribution in [1.82, 2.24) is 15.3 Å². The van der Waals surface area contributed by atoms with E-state index < -0.39 is 0 Å². The summed E-state index contributed by atoms with van der Waals surface area (Å²) >= 11 is 6.25. The van der Waals surface area contributed by atoms with Gasteiger partial charge in [0.25, 0.3) is 0 Å². The second kappa shape index (κ2) is 4.71. The first-order valence-corrected chi connectivity index (χ1v) is 6.52. The van der Waals surface area contributed by atoms with Gasteiger partial charge in [0.1, 0.15) is 0 Å². The van der Waals surface area contributed by atoms with Crippen LogP contribution in [0.1, 0.15) is 6.92 Å². The van der Waals surface area contributed by atoms with Gasteiger partial charge in [0, 0.05) is 25.7 Å². The SMILES string of the molecule is C[C@H]1CN(c2nc3ccccc3nc2Cl)CCN1. The monoisotopic (exact) mass is 262 g/mol. The van der Waals surface area contributed by atoms with Crippen molar-refractivity contribution >= 4 is 28.5 Å². The molecule has 5 heteroatoms. The van der Waals surface area contributed by atoms with Gasteiger partial charge in [-0.25, -0.2) is 9.97 Å². The van der Waals surface area contributed by atoms with Crippen molar-refractivity contribution in [2.24, 2.45) is 0 Å². The molecule has 3 rings (SSSR count). The smallest absolute Gasteiger partial charge is 0.172 e. The van der Waals surface area contributed by atoms with Gasteiger partial charge in [-0.2, -0.15) is 0 Å². The molecule has 0 bridgehead atoms. The zero-order valence-electron chi connectivity index (χ0n) is 10.2. The Bertz CT molecular complexity index is 572. The van der Waals surface area contributed by atoms with Crippen LogP contribution >= 0.6 is 11.6 Å². The molecule has 1 atom stereocenters. The van der Waals surface area contributed by atoms with Gasteiger partial charge in [-0.1, -0.05) is 23.7 Å². The van der Waals surface area contributed by atoms with Crippen LogP contribution in [0.4, 0.5) is 5.82 Å². The average molecular weight is 263 g/mol. The lowest BCUT2D eigenvalue weighted by molar-refractivity contribution is 0.482. The zero-order valence-corrected chi connectivity index (χ0v) is 11.0. The molecule has 1 aliphatic rings. The summed E-state index contributed by atoms with van der Waals surface area (Å²) in [6.07, 6.45) is 0. The summed E-state index contributed by atoms with van der Waals surface area (Å²) in [5, 5.41) is 3.89. The topological polar surface area (TPSA) is 41.1 Å². The van der Waals surface area contributed by atoms with Crippen molar-refractivity contribution in [1.29, 1.82) is 0 Å². The van der Waals surface area contributed by atoms with Crippen molar-refractivity contribution in [3.05, 3.63) is 29.4 Å². The number of aromatic nitrogens is 2. The number of nitrogens with one attached hydrogen (secondary N) is 1. The van der Waals surface area contributed by atoms with E-state index in [1.165, 1.54) is 0 Å². The summed E-state index contributed by atoms with van der Waals surface area (Å²) in [4.78, 5) is 11.3. The number of hydrogen-bond acceptors (Lipinski definition) is 4. The molecule has 0 saturated carbocycles. The molecule has 0 spiro atoms. The highest BCUT2D eigenvalue weighted by Gasteiger charge is 2.20. The van der Waals surface area contributed by atoms with E-state index in [2.05, 4.69) is 27.1 Å². The molecule has 0 amide bonds. The molecular weight excluding hydrogens is 248 g/mol. The summed E-state index contributed by atoms with van der Waals surface area (Å²) in [6.45, 7) is 4.93. The fraction of sp³-hybridized carbons (Fsp3) is 0.385. The molecular formula is C13H15ClN4. The van der Waals surface area contributed by atoms with E-state index in [0.29, 0.717) is 11.2 Å². The van der Waals surface area contributed by atoms with E-state index in [4.69, 9.17) is 11.6 Å².